The third kappa shape index (κ3) is 7.57. The van der Waals surface area contributed by atoms with Crippen molar-refractivity contribution in [3.63, 3.8) is 0 Å². The molecule has 0 aliphatic carbocycles. The van der Waals surface area contributed by atoms with Crippen LogP contribution in [0.4, 0.5) is 0 Å². The first kappa shape index (κ1) is 23.6. The molecular weight excluding hydrogens is 477 g/mol. The zero-order valence-corrected chi connectivity index (χ0v) is 19.5. The highest BCUT2D eigenvalue weighted by atomic mass is 127. The normalized spacial score (nSPS) is 11.1. The minimum atomic E-state index is 0. The fourth-order valence-electron chi connectivity index (χ4n) is 2.73. The van der Waals surface area contributed by atoms with Crippen molar-refractivity contribution in [1.82, 2.24) is 20.4 Å². The molecule has 2 aromatic rings. The Morgan fingerprint density at radius 2 is 1.96 bits per heavy atom. The second-order valence-corrected chi connectivity index (χ2v) is 6.54. The van der Waals surface area contributed by atoms with Crippen molar-refractivity contribution < 1.29 is 4.74 Å². The van der Waals surface area contributed by atoms with E-state index in [9.17, 15) is 0 Å². The highest BCUT2D eigenvalue weighted by Crippen LogP contribution is 2.22. The quantitative estimate of drug-likeness (QED) is 0.249. The van der Waals surface area contributed by atoms with Crippen molar-refractivity contribution in [2.45, 2.75) is 33.2 Å². The van der Waals surface area contributed by atoms with E-state index in [1.54, 1.807) is 14.2 Å². The summed E-state index contributed by atoms with van der Waals surface area (Å²) in [5, 5.41) is 11.8. The third-order valence-corrected chi connectivity index (χ3v) is 4.46. The average molecular weight is 506 g/mol. The van der Waals surface area contributed by atoms with E-state index < -0.39 is 0 Å². The first-order chi connectivity index (χ1) is 12.5. The van der Waals surface area contributed by atoms with Crippen molar-refractivity contribution >= 4 is 41.5 Å². The first-order valence-electron chi connectivity index (χ1n) is 8.81. The van der Waals surface area contributed by atoms with Gasteiger partial charge in [-0.3, -0.25) is 9.67 Å². The number of guanidine groups is 1. The van der Waals surface area contributed by atoms with E-state index in [-0.39, 0.29) is 24.0 Å². The molecule has 2 rings (SSSR count). The van der Waals surface area contributed by atoms with E-state index in [0.717, 1.165) is 60.5 Å². The van der Waals surface area contributed by atoms with E-state index in [4.69, 9.17) is 16.3 Å². The van der Waals surface area contributed by atoms with Gasteiger partial charge in [-0.2, -0.15) is 5.10 Å². The molecule has 0 fully saturated rings. The standard InChI is InChI=1S/C19H28ClN5O.HI/c1-14-12-15(2)25(24-14)11-5-9-22-19(21-3)23-10-8-16-6-7-17(26-4)13-18(16)20;/h6-7,12-13H,5,8-11H2,1-4H3,(H2,21,22,23);1H. The van der Waals surface area contributed by atoms with Crippen LogP contribution >= 0.6 is 35.6 Å². The summed E-state index contributed by atoms with van der Waals surface area (Å²) < 4.78 is 7.21. The van der Waals surface area contributed by atoms with E-state index in [1.807, 2.05) is 29.8 Å². The van der Waals surface area contributed by atoms with Crippen LogP contribution in [0, 0.1) is 13.8 Å². The van der Waals surface area contributed by atoms with Gasteiger partial charge in [-0.05, 0) is 50.5 Å². The van der Waals surface area contributed by atoms with Gasteiger partial charge in [-0.1, -0.05) is 17.7 Å². The molecule has 0 spiro atoms. The smallest absolute Gasteiger partial charge is 0.190 e. The lowest BCUT2D eigenvalue weighted by Crippen LogP contribution is -2.39. The Hall–Kier alpha value is -1.48. The third-order valence-electron chi connectivity index (χ3n) is 4.11. The van der Waals surface area contributed by atoms with Crippen LogP contribution in [-0.2, 0) is 13.0 Å². The zero-order chi connectivity index (χ0) is 18.9. The van der Waals surface area contributed by atoms with Crippen LogP contribution in [0.1, 0.15) is 23.4 Å². The van der Waals surface area contributed by atoms with Crippen molar-refractivity contribution in [1.29, 1.82) is 0 Å². The van der Waals surface area contributed by atoms with E-state index >= 15 is 0 Å². The highest BCUT2D eigenvalue weighted by molar-refractivity contribution is 14.0. The number of hydrogen-bond acceptors (Lipinski definition) is 3. The minimum absolute atomic E-state index is 0. The SMILES string of the molecule is CN=C(NCCCn1nc(C)cc1C)NCCc1ccc(OC)cc1Cl.I. The number of benzene rings is 1. The number of nitrogens with one attached hydrogen (secondary N) is 2. The second kappa shape index (κ2) is 12.1. The highest BCUT2D eigenvalue weighted by Gasteiger charge is 2.04. The molecule has 0 saturated carbocycles. The van der Waals surface area contributed by atoms with Crippen LogP contribution in [0.5, 0.6) is 5.75 Å². The van der Waals surface area contributed by atoms with Crippen LogP contribution in [0.3, 0.4) is 0 Å². The monoisotopic (exact) mass is 505 g/mol. The van der Waals surface area contributed by atoms with Gasteiger partial charge in [0.2, 0.25) is 0 Å². The Morgan fingerprint density at radius 1 is 1.22 bits per heavy atom. The van der Waals surface area contributed by atoms with Gasteiger partial charge >= 0.3 is 0 Å². The average Bonchev–Trinajstić information content (AvgIpc) is 2.95. The van der Waals surface area contributed by atoms with Crippen LogP contribution in [0.25, 0.3) is 0 Å². The molecular formula is C19H29ClIN5O. The summed E-state index contributed by atoms with van der Waals surface area (Å²) in [5.41, 5.74) is 3.34. The Balaban J connectivity index is 0.00000364. The fourth-order valence-corrected chi connectivity index (χ4v) is 3.00. The number of halogens is 2. The summed E-state index contributed by atoms with van der Waals surface area (Å²) in [4.78, 5) is 4.25. The summed E-state index contributed by atoms with van der Waals surface area (Å²) in [6.07, 6.45) is 1.79. The van der Waals surface area contributed by atoms with Gasteiger partial charge in [0.25, 0.3) is 0 Å². The summed E-state index contributed by atoms with van der Waals surface area (Å²) in [6, 6.07) is 7.85. The van der Waals surface area contributed by atoms with Crippen molar-refractivity contribution in [2.75, 3.05) is 27.2 Å². The number of ether oxygens (including phenoxy) is 1. The first-order valence-corrected chi connectivity index (χ1v) is 9.19. The Kier molecular flexibility index (Phi) is 10.5. The van der Waals surface area contributed by atoms with Gasteiger partial charge in [0, 0.05) is 37.4 Å². The lowest BCUT2D eigenvalue weighted by Gasteiger charge is -2.13. The molecule has 150 valence electrons. The van der Waals surface area contributed by atoms with E-state index in [2.05, 4.69) is 33.7 Å². The molecule has 0 atom stereocenters. The summed E-state index contributed by atoms with van der Waals surface area (Å²) in [5.74, 6) is 1.56. The number of rotatable bonds is 8. The van der Waals surface area contributed by atoms with Gasteiger partial charge in [0.15, 0.2) is 5.96 Å². The molecule has 1 heterocycles. The maximum atomic E-state index is 6.27. The van der Waals surface area contributed by atoms with Gasteiger partial charge < -0.3 is 15.4 Å². The number of methoxy groups -OCH3 is 1. The van der Waals surface area contributed by atoms with Crippen LogP contribution in [-0.4, -0.2) is 43.0 Å². The van der Waals surface area contributed by atoms with Crippen LogP contribution in [0.15, 0.2) is 29.3 Å². The van der Waals surface area contributed by atoms with E-state index in [1.165, 1.54) is 5.69 Å². The largest absolute Gasteiger partial charge is 0.497 e. The van der Waals surface area contributed by atoms with Crippen molar-refractivity contribution in [3.8, 4) is 5.75 Å². The molecule has 0 amide bonds. The molecule has 1 aromatic heterocycles. The van der Waals surface area contributed by atoms with E-state index in [0.29, 0.717) is 0 Å². The molecule has 0 radical (unpaired) electrons. The minimum Gasteiger partial charge on any atom is -0.497 e. The van der Waals surface area contributed by atoms with Gasteiger partial charge in [0.05, 0.1) is 12.8 Å². The topological polar surface area (TPSA) is 63.5 Å². The molecule has 2 N–H and O–H groups in total. The molecule has 0 unspecified atom stereocenters. The number of nitrogens with zero attached hydrogens (tertiary/aromatic N) is 3. The molecule has 0 aliphatic heterocycles. The number of aliphatic imine (C=N–C) groups is 1. The lowest BCUT2D eigenvalue weighted by molar-refractivity contribution is 0.414. The fraction of sp³-hybridized carbons (Fsp3) is 0.474. The molecule has 6 nitrogen and oxygen atoms in total. The molecule has 0 aliphatic rings. The zero-order valence-electron chi connectivity index (χ0n) is 16.4. The van der Waals surface area contributed by atoms with Crippen LogP contribution < -0.4 is 15.4 Å². The maximum Gasteiger partial charge on any atom is 0.190 e. The van der Waals surface area contributed by atoms with Crippen molar-refractivity contribution in [3.05, 3.63) is 46.2 Å². The number of hydrogen-bond donors (Lipinski definition) is 2. The van der Waals surface area contributed by atoms with Gasteiger partial charge in [-0.15, -0.1) is 24.0 Å². The number of aryl methyl sites for hydroxylation is 3. The summed E-state index contributed by atoms with van der Waals surface area (Å²) >= 11 is 6.27. The predicted octanol–water partition coefficient (Wildman–Crippen LogP) is 3.58. The van der Waals surface area contributed by atoms with Crippen LogP contribution in [0.2, 0.25) is 5.02 Å². The molecule has 1 aromatic carbocycles. The maximum absolute atomic E-state index is 6.27. The predicted molar refractivity (Wildman–Crippen MR) is 123 cm³/mol. The second-order valence-electron chi connectivity index (χ2n) is 6.14. The molecule has 0 saturated heterocycles. The molecule has 0 bridgehead atoms. The lowest BCUT2D eigenvalue weighted by atomic mass is 10.1. The molecule has 27 heavy (non-hydrogen) atoms. The number of aromatic nitrogens is 2. The van der Waals surface area contributed by atoms with Crippen molar-refractivity contribution in [2.24, 2.45) is 4.99 Å². The molecule has 8 heteroatoms. The summed E-state index contributed by atoms with van der Waals surface area (Å²) in [7, 11) is 3.41. The Labute approximate surface area is 183 Å². The Morgan fingerprint density at radius 3 is 2.56 bits per heavy atom. The Bertz CT molecular complexity index is 748. The summed E-state index contributed by atoms with van der Waals surface area (Å²) in [6.45, 7) is 6.58. The van der Waals surface area contributed by atoms with Gasteiger partial charge in [0.1, 0.15) is 5.75 Å². The van der Waals surface area contributed by atoms with Gasteiger partial charge in [-0.25, -0.2) is 0 Å².